The van der Waals surface area contributed by atoms with Gasteiger partial charge in [0.1, 0.15) is 6.10 Å². The highest BCUT2D eigenvalue weighted by Gasteiger charge is 2.42. The van der Waals surface area contributed by atoms with E-state index in [1.165, 1.54) is 0 Å². The second-order valence-corrected chi connectivity index (χ2v) is 2.70. The summed E-state index contributed by atoms with van der Waals surface area (Å²) in [6.07, 6.45) is 0.983. The quantitative estimate of drug-likeness (QED) is 0.572. The molecule has 0 saturated carbocycles. The molecule has 4 nitrogen and oxygen atoms in total. The van der Waals surface area contributed by atoms with E-state index in [2.05, 4.69) is 6.58 Å². The number of aliphatic hydroxyl groups excluding tert-OH is 2. The van der Waals surface area contributed by atoms with Crippen molar-refractivity contribution in [2.24, 2.45) is 0 Å². The van der Waals surface area contributed by atoms with E-state index in [9.17, 15) is 5.11 Å². The third-order valence-corrected chi connectivity index (χ3v) is 1.89. The highest BCUT2D eigenvalue weighted by molar-refractivity contribution is 4.88. The van der Waals surface area contributed by atoms with Crippen LogP contribution >= 0.6 is 0 Å². The Hall–Kier alpha value is -0.420. The lowest BCUT2D eigenvalue weighted by Crippen LogP contribution is -2.45. The van der Waals surface area contributed by atoms with Crippen LogP contribution < -0.4 is 0 Å². The summed E-state index contributed by atoms with van der Waals surface area (Å²) in [7, 11) is 0. The van der Waals surface area contributed by atoms with Crippen LogP contribution in [0.15, 0.2) is 12.7 Å². The molecule has 0 spiro atoms. The monoisotopic (exact) mass is 174 g/mol. The number of hydrogen-bond acceptors (Lipinski definition) is 4. The molecule has 1 aliphatic heterocycles. The van der Waals surface area contributed by atoms with E-state index < -0.39 is 11.9 Å². The highest BCUT2D eigenvalue weighted by atomic mass is 16.7. The van der Waals surface area contributed by atoms with Crippen molar-refractivity contribution < 1.29 is 19.7 Å². The summed E-state index contributed by atoms with van der Waals surface area (Å²) >= 11 is 0. The summed E-state index contributed by atoms with van der Waals surface area (Å²) in [6.45, 7) is 4.06. The Morgan fingerprint density at radius 1 is 1.50 bits per heavy atom. The fraction of sp³-hybridized carbons (Fsp3) is 0.750. The summed E-state index contributed by atoms with van der Waals surface area (Å²) in [4.78, 5) is 0. The first kappa shape index (κ1) is 9.67. The Bertz CT molecular complexity index is 151. The largest absolute Gasteiger partial charge is 0.393 e. The molecule has 1 atom stereocenters. The summed E-state index contributed by atoms with van der Waals surface area (Å²) in [5, 5.41) is 18.1. The maximum atomic E-state index is 9.39. The van der Waals surface area contributed by atoms with E-state index in [4.69, 9.17) is 14.6 Å². The summed E-state index contributed by atoms with van der Waals surface area (Å²) in [5.74, 6) is -1.06. The Balaban J connectivity index is 2.63. The maximum Gasteiger partial charge on any atom is 0.200 e. The van der Waals surface area contributed by atoms with Crippen molar-refractivity contribution in [3.05, 3.63) is 12.7 Å². The van der Waals surface area contributed by atoms with Crippen LogP contribution in [0.1, 0.15) is 6.42 Å². The second-order valence-electron chi connectivity index (χ2n) is 2.70. The number of ether oxygens (including phenoxy) is 2. The molecule has 1 fully saturated rings. The molecule has 70 valence electrons. The van der Waals surface area contributed by atoms with E-state index in [-0.39, 0.29) is 6.61 Å². The highest BCUT2D eigenvalue weighted by Crippen LogP contribution is 2.27. The van der Waals surface area contributed by atoms with Crippen LogP contribution in [0.2, 0.25) is 0 Å². The van der Waals surface area contributed by atoms with E-state index in [1.54, 1.807) is 6.08 Å². The lowest BCUT2D eigenvalue weighted by molar-refractivity contribution is -0.225. The zero-order valence-corrected chi connectivity index (χ0v) is 6.90. The van der Waals surface area contributed by atoms with Crippen molar-refractivity contribution in [3.8, 4) is 0 Å². The first-order valence-corrected chi connectivity index (χ1v) is 3.93. The molecule has 0 aromatic carbocycles. The molecule has 0 amide bonds. The van der Waals surface area contributed by atoms with Gasteiger partial charge in [0.15, 0.2) is 5.79 Å². The van der Waals surface area contributed by atoms with Crippen LogP contribution in [0, 0.1) is 0 Å². The molecule has 0 aromatic rings. The van der Waals surface area contributed by atoms with Crippen LogP contribution in [0.4, 0.5) is 0 Å². The van der Waals surface area contributed by atoms with Crippen molar-refractivity contribution in [2.75, 3.05) is 19.8 Å². The third-order valence-electron chi connectivity index (χ3n) is 1.89. The molecule has 4 heteroatoms. The predicted molar refractivity (Wildman–Crippen MR) is 42.5 cm³/mol. The van der Waals surface area contributed by atoms with Crippen LogP contribution in [0.5, 0.6) is 0 Å². The van der Waals surface area contributed by atoms with Gasteiger partial charge in [-0.15, -0.1) is 6.58 Å². The standard InChI is InChI=1S/C8H14O4/c1-2-3-8(7(10)6-9)11-4-5-12-8/h2,7,9-10H,1,3-6H2. The van der Waals surface area contributed by atoms with Crippen molar-refractivity contribution in [1.29, 1.82) is 0 Å². The first-order chi connectivity index (χ1) is 5.75. The van der Waals surface area contributed by atoms with Gasteiger partial charge < -0.3 is 19.7 Å². The van der Waals surface area contributed by atoms with E-state index in [1.807, 2.05) is 0 Å². The number of rotatable bonds is 4. The molecule has 1 unspecified atom stereocenters. The zero-order chi connectivity index (χ0) is 9.03. The SMILES string of the molecule is C=CCC1(C(O)CO)OCCO1. The molecule has 12 heavy (non-hydrogen) atoms. The van der Waals surface area contributed by atoms with Crippen LogP contribution in [0.3, 0.4) is 0 Å². The molecule has 0 aliphatic carbocycles. The average molecular weight is 174 g/mol. The molecule has 1 saturated heterocycles. The minimum Gasteiger partial charge on any atom is -0.393 e. The van der Waals surface area contributed by atoms with Crippen LogP contribution in [-0.2, 0) is 9.47 Å². The van der Waals surface area contributed by atoms with Gasteiger partial charge in [-0.3, -0.25) is 0 Å². The fourth-order valence-corrected chi connectivity index (χ4v) is 1.26. The van der Waals surface area contributed by atoms with Crippen LogP contribution in [-0.4, -0.2) is 41.9 Å². The van der Waals surface area contributed by atoms with Gasteiger partial charge in [0.25, 0.3) is 0 Å². The van der Waals surface area contributed by atoms with Gasteiger partial charge in [-0.2, -0.15) is 0 Å². The van der Waals surface area contributed by atoms with Gasteiger partial charge in [0.05, 0.1) is 19.8 Å². The average Bonchev–Trinajstić information content (AvgIpc) is 2.53. The molecule has 1 aliphatic rings. The molecule has 2 N–H and O–H groups in total. The van der Waals surface area contributed by atoms with Crippen molar-refractivity contribution in [3.63, 3.8) is 0 Å². The summed E-state index contributed by atoms with van der Waals surface area (Å²) < 4.78 is 10.5. The molecule has 0 bridgehead atoms. The summed E-state index contributed by atoms with van der Waals surface area (Å²) in [5.41, 5.74) is 0. The molecular formula is C8H14O4. The van der Waals surface area contributed by atoms with Gasteiger partial charge in [-0.05, 0) is 0 Å². The fourth-order valence-electron chi connectivity index (χ4n) is 1.26. The van der Waals surface area contributed by atoms with Gasteiger partial charge in [-0.25, -0.2) is 0 Å². The maximum absolute atomic E-state index is 9.39. The third kappa shape index (κ3) is 1.67. The Kier molecular flexibility index (Phi) is 3.22. The second kappa shape index (κ2) is 4.00. The van der Waals surface area contributed by atoms with Gasteiger partial charge in [-0.1, -0.05) is 6.08 Å². The van der Waals surface area contributed by atoms with Gasteiger partial charge in [0, 0.05) is 6.42 Å². The Morgan fingerprint density at radius 2 is 2.08 bits per heavy atom. The number of aliphatic hydroxyl groups is 2. The molecule has 1 rings (SSSR count). The van der Waals surface area contributed by atoms with E-state index >= 15 is 0 Å². The molecule has 1 heterocycles. The molecule has 0 radical (unpaired) electrons. The Labute approximate surface area is 71.4 Å². The van der Waals surface area contributed by atoms with Crippen molar-refractivity contribution in [1.82, 2.24) is 0 Å². The lowest BCUT2D eigenvalue weighted by atomic mass is 10.1. The van der Waals surface area contributed by atoms with Crippen molar-refractivity contribution in [2.45, 2.75) is 18.3 Å². The van der Waals surface area contributed by atoms with Gasteiger partial charge in [0.2, 0.25) is 0 Å². The number of hydrogen-bond donors (Lipinski definition) is 2. The van der Waals surface area contributed by atoms with Gasteiger partial charge >= 0.3 is 0 Å². The molecular weight excluding hydrogens is 160 g/mol. The van der Waals surface area contributed by atoms with E-state index in [0.29, 0.717) is 19.6 Å². The smallest absolute Gasteiger partial charge is 0.200 e. The summed E-state index contributed by atoms with van der Waals surface area (Å²) in [6, 6.07) is 0. The molecule has 0 aromatic heterocycles. The zero-order valence-electron chi connectivity index (χ0n) is 6.90. The van der Waals surface area contributed by atoms with E-state index in [0.717, 1.165) is 0 Å². The normalized spacial score (nSPS) is 23.8. The minimum atomic E-state index is -1.06. The van der Waals surface area contributed by atoms with Crippen LogP contribution in [0.25, 0.3) is 0 Å². The Morgan fingerprint density at radius 3 is 2.50 bits per heavy atom. The first-order valence-electron chi connectivity index (χ1n) is 3.93. The topological polar surface area (TPSA) is 58.9 Å². The lowest BCUT2D eigenvalue weighted by Gasteiger charge is -2.29. The minimum absolute atomic E-state index is 0.367. The predicted octanol–water partition coefficient (Wildman–Crippen LogP) is -0.341. The van der Waals surface area contributed by atoms with Crippen molar-refractivity contribution >= 4 is 0 Å².